The summed E-state index contributed by atoms with van der Waals surface area (Å²) >= 11 is 5.00. The maximum Gasteiger partial charge on any atom is 0.160 e. The van der Waals surface area contributed by atoms with Gasteiger partial charge in [0.2, 0.25) is 0 Å². The highest BCUT2D eigenvalue weighted by atomic mass is 79.9. The van der Waals surface area contributed by atoms with E-state index in [9.17, 15) is 4.79 Å². The summed E-state index contributed by atoms with van der Waals surface area (Å²) in [7, 11) is 0. The van der Waals surface area contributed by atoms with Crippen LogP contribution in [0.25, 0.3) is 0 Å². The largest absolute Gasteiger partial charge is 0.297 e. The molecule has 0 spiro atoms. The fourth-order valence-corrected chi connectivity index (χ4v) is 4.06. The van der Waals surface area contributed by atoms with Gasteiger partial charge in [0.25, 0.3) is 0 Å². The fraction of sp³-hybridized carbons (Fsp3) is 0.706. The van der Waals surface area contributed by atoms with Gasteiger partial charge in [0.1, 0.15) is 0 Å². The Balaban J connectivity index is 1.98. The molecule has 1 heterocycles. The van der Waals surface area contributed by atoms with Gasteiger partial charge < -0.3 is 0 Å². The maximum absolute atomic E-state index is 10.9. The zero-order valence-electron chi connectivity index (χ0n) is 12.6. The van der Waals surface area contributed by atoms with E-state index >= 15 is 0 Å². The minimum Gasteiger partial charge on any atom is -0.297 e. The van der Waals surface area contributed by atoms with Gasteiger partial charge in [0, 0.05) is 0 Å². The number of carbonyl (C=O) groups excluding carboxylic acids is 1. The third-order valence-electron chi connectivity index (χ3n) is 3.72. The molecule has 0 bridgehead atoms. The lowest BCUT2D eigenvalue weighted by Crippen LogP contribution is -1.88. The third kappa shape index (κ3) is 7.58. The Bertz CT molecular complexity index is 373. The van der Waals surface area contributed by atoms with Crippen molar-refractivity contribution in [2.24, 2.45) is 0 Å². The summed E-state index contributed by atoms with van der Waals surface area (Å²) in [4.78, 5) is 11.8. The number of aldehydes is 1. The van der Waals surface area contributed by atoms with Crippen LogP contribution in [-0.2, 0) is 6.42 Å². The van der Waals surface area contributed by atoms with Gasteiger partial charge in [-0.25, -0.2) is 0 Å². The van der Waals surface area contributed by atoms with Crippen molar-refractivity contribution >= 4 is 33.6 Å². The van der Waals surface area contributed by atoms with Crippen LogP contribution in [0.3, 0.4) is 0 Å². The summed E-state index contributed by atoms with van der Waals surface area (Å²) in [5.74, 6) is 0. The quantitative estimate of drug-likeness (QED) is 0.297. The van der Waals surface area contributed by atoms with Crippen LogP contribution in [-0.4, -0.2) is 6.29 Å². The van der Waals surface area contributed by atoms with E-state index in [4.69, 9.17) is 0 Å². The Morgan fingerprint density at radius 1 is 1.00 bits per heavy atom. The molecule has 0 saturated heterocycles. The van der Waals surface area contributed by atoms with Gasteiger partial charge in [-0.1, -0.05) is 64.7 Å². The maximum atomic E-state index is 10.9. The number of hydrogen-bond donors (Lipinski definition) is 0. The summed E-state index contributed by atoms with van der Waals surface area (Å²) in [5, 5.41) is 0. The highest BCUT2D eigenvalue weighted by molar-refractivity contribution is 9.11. The van der Waals surface area contributed by atoms with Crippen LogP contribution in [0.5, 0.6) is 0 Å². The van der Waals surface area contributed by atoms with Crippen LogP contribution in [0, 0.1) is 0 Å². The molecule has 0 radical (unpaired) electrons. The highest BCUT2D eigenvalue weighted by Gasteiger charge is 2.06. The molecule has 0 aliphatic rings. The molecule has 0 aliphatic heterocycles. The van der Waals surface area contributed by atoms with Crippen molar-refractivity contribution in [2.45, 2.75) is 77.6 Å². The molecule has 1 nitrogen and oxygen atoms in total. The van der Waals surface area contributed by atoms with Crippen LogP contribution in [0.15, 0.2) is 9.85 Å². The average Bonchev–Trinajstić information content (AvgIpc) is 2.81. The van der Waals surface area contributed by atoms with Crippen LogP contribution in [0.2, 0.25) is 0 Å². The lowest BCUT2D eigenvalue weighted by Gasteiger charge is -2.02. The Kier molecular flexibility index (Phi) is 10.3. The summed E-state index contributed by atoms with van der Waals surface area (Å²) in [6.07, 6.45) is 15.6. The highest BCUT2D eigenvalue weighted by Crippen LogP contribution is 2.27. The molecule has 0 atom stereocenters. The lowest BCUT2D eigenvalue weighted by atomic mass is 10.0. The molecular formula is C17H27BrOS. The first kappa shape index (κ1) is 17.9. The van der Waals surface area contributed by atoms with E-state index in [1.54, 1.807) is 11.3 Å². The predicted octanol–water partition coefficient (Wildman–Crippen LogP) is 6.79. The number of halogens is 1. The first-order chi connectivity index (χ1) is 9.77. The van der Waals surface area contributed by atoms with E-state index in [1.807, 2.05) is 0 Å². The van der Waals surface area contributed by atoms with Gasteiger partial charge in [-0.15, -0.1) is 11.3 Å². The van der Waals surface area contributed by atoms with E-state index in [2.05, 4.69) is 28.9 Å². The second-order valence-electron chi connectivity index (χ2n) is 5.49. The molecule has 0 fully saturated rings. The van der Waals surface area contributed by atoms with Crippen molar-refractivity contribution in [1.29, 1.82) is 0 Å². The van der Waals surface area contributed by atoms with Gasteiger partial charge in [0.05, 0.1) is 8.66 Å². The third-order valence-corrected chi connectivity index (χ3v) is 5.32. The second kappa shape index (κ2) is 11.5. The van der Waals surface area contributed by atoms with Crippen LogP contribution < -0.4 is 0 Å². The number of carbonyl (C=O) groups is 1. The topological polar surface area (TPSA) is 17.1 Å². The average molecular weight is 359 g/mol. The Labute approximate surface area is 136 Å². The molecule has 0 saturated carbocycles. The summed E-state index contributed by atoms with van der Waals surface area (Å²) < 4.78 is 1.07. The van der Waals surface area contributed by atoms with Crippen molar-refractivity contribution in [1.82, 2.24) is 0 Å². The minimum atomic E-state index is 0.896. The smallest absolute Gasteiger partial charge is 0.160 e. The zero-order chi connectivity index (χ0) is 14.6. The van der Waals surface area contributed by atoms with Crippen LogP contribution in [0.1, 0.15) is 86.4 Å². The molecule has 1 aromatic heterocycles. The zero-order valence-corrected chi connectivity index (χ0v) is 15.0. The van der Waals surface area contributed by atoms with Gasteiger partial charge in [-0.2, -0.15) is 0 Å². The molecule has 0 aromatic carbocycles. The van der Waals surface area contributed by atoms with Gasteiger partial charge in [-0.3, -0.25) is 4.79 Å². The fourth-order valence-electron chi connectivity index (χ4n) is 2.51. The normalized spacial score (nSPS) is 10.9. The van der Waals surface area contributed by atoms with Crippen molar-refractivity contribution < 1.29 is 4.79 Å². The molecular weight excluding hydrogens is 332 g/mol. The Morgan fingerprint density at radius 3 is 2.10 bits per heavy atom. The number of rotatable bonds is 12. The van der Waals surface area contributed by atoms with Gasteiger partial charge in [-0.05, 0) is 40.4 Å². The molecule has 0 unspecified atom stereocenters. The molecule has 114 valence electrons. The van der Waals surface area contributed by atoms with E-state index < -0.39 is 0 Å². The summed E-state index contributed by atoms with van der Waals surface area (Å²) in [5.41, 5.74) is 1.22. The first-order valence-corrected chi connectivity index (χ1v) is 9.62. The number of unbranched alkanes of at least 4 members (excludes halogenated alkanes) is 9. The lowest BCUT2D eigenvalue weighted by molar-refractivity contribution is 0.112. The summed E-state index contributed by atoms with van der Waals surface area (Å²) in [6, 6.07) is 2.10. The van der Waals surface area contributed by atoms with Gasteiger partial charge >= 0.3 is 0 Å². The molecule has 0 aliphatic carbocycles. The Morgan fingerprint density at radius 2 is 1.55 bits per heavy atom. The van der Waals surface area contributed by atoms with E-state index in [0.717, 1.165) is 21.4 Å². The van der Waals surface area contributed by atoms with Crippen LogP contribution in [0.4, 0.5) is 0 Å². The van der Waals surface area contributed by atoms with Gasteiger partial charge in [0.15, 0.2) is 6.29 Å². The molecule has 1 aromatic rings. The molecule has 20 heavy (non-hydrogen) atoms. The van der Waals surface area contributed by atoms with Crippen molar-refractivity contribution in [2.75, 3.05) is 0 Å². The molecule has 0 amide bonds. The van der Waals surface area contributed by atoms with Crippen molar-refractivity contribution in [3.8, 4) is 0 Å². The molecule has 0 N–H and O–H groups in total. The monoisotopic (exact) mass is 358 g/mol. The van der Waals surface area contributed by atoms with E-state index in [1.165, 1.54) is 69.8 Å². The van der Waals surface area contributed by atoms with E-state index in [0.29, 0.717) is 0 Å². The molecule has 3 heteroatoms. The number of aryl methyl sites for hydroxylation is 1. The number of thiophene rings is 1. The molecule has 1 rings (SSSR count). The standard InChI is InChI=1S/C17H27BrOS/c1-2-3-4-5-6-7-8-9-10-11-12-15-13-17(18)20-16(15)14-19/h13-14H,2-12H2,1H3. The minimum absolute atomic E-state index is 0.896. The second-order valence-corrected chi connectivity index (χ2v) is 7.95. The van der Waals surface area contributed by atoms with E-state index in [-0.39, 0.29) is 0 Å². The predicted molar refractivity (Wildman–Crippen MR) is 93.0 cm³/mol. The summed E-state index contributed by atoms with van der Waals surface area (Å²) in [6.45, 7) is 2.27. The Hall–Kier alpha value is -0.150. The van der Waals surface area contributed by atoms with Crippen molar-refractivity contribution in [3.05, 3.63) is 20.3 Å². The number of hydrogen-bond acceptors (Lipinski definition) is 2. The van der Waals surface area contributed by atoms with Crippen LogP contribution >= 0.6 is 27.3 Å². The first-order valence-electron chi connectivity index (χ1n) is 8.01. The van der Waals surface area contributed by atoms with Crippen molar-refractivity contribution in [3.63, 3.8) is 0 Å². The SMILES string of the molecule is CCCCCCCCCCCCc1cc(Br)sc1C=O.